The maximum absolute atomic E-state index is 11.9. The van der Waals surface area contributed by atoms with Gasteiger partial charge in [0.15, 0.2) is 0 Å². The predicted octanol–water partition coefficient (Wildman–Crippen LogP) is 3.03. The summed E-state index contributed by atoms with van der Waals surface area (Å²) in [6, 6.07) is 0. The largest absolute Gasteiger partial charge is 0.350 e. The molecule has 0 spiro atoms. The number of aromatic amines is 1. The van der Waals surface area contributed by atoms with Crippen LogP contribution in [0.5, 0.6) is 0 Å². The van der Waals surface area contributed by atoms with Crippen LogP contribution < -0.4 is 5.32 Å². The normalized spacial score (nSPS) is 11.7. The number of amides is 1. The molecule has 0 bridgehead atoms. The lowest BCUT2D eigenvalue weighted by Gasteiger charge is -2.14. The molecule has 0 aromatic carbocycles. The average molecular weight is 320 g/mol. The maximum atomic E-state index is 11.9. The van der Waals surface area contributed by atoms with E-state index in [9.17, 15) is 4.79 Å². The van der Waals surface area contributed by atoms with Crippen molar-refractivity contribution in [1.29, 1.82) is 0 Å². The van der Waals surface area contributed by atoms with Crippen LogP contribution in [0.25, 0.3) is 0 Å². The van der Waals surface area contributed by atoms with Gasteiger partial charge in [-0.2, -0.15) is 5.10 Å². The second-order valence-corrected chi connectivity index (χ2v) is 7.52. The number of H-pyrrole nitrogens is 1. The first kappa shape index (κ1) is 16.7. The molecule has 0 aliphatic rings. The molecule has 22 heavy (non-hydrogen) atoms. The van der Waals surface area contributed by atoms with Gasteiger partial charge in [-0.1, -0.05) is 20.8 Å². The Morgan fingerprint density at radius 1 is 1.36 bits per heavy atom. The molecule has 0 fully saturated rings. The van der Waals surface area contributed by atoms with E-state index >= 15 is 0 Å². The smallest absolute Gasteiger partial charge is 0.220 e. The van der Waals surface area contributed by atoms with Crippen molar-refractivity contribution in [2.75, 3.05) is 0 Å². The van der Waals surface area contributed by atoms with Crippen molar-refractivity contribution in [3.05, 3.63) is 33.0 Å². The van der Waals surface area contributed by atoms with Crippen LogP contribution in [-0.2, 0) is 23.2 Å². The highest BCUT2D eigenvalue weighted by Gasteiger charge is 2.17. The minimum atomic E-state index is 0.0348. The molecule has 120 valence electrons. The number of nitrogens with one attached hydrogen (secondary N) is 2. The first-order valence-corrected chi connectivity index (χ1v) is 8.37. The Hall–Kier alpha value is -1.69. The number of carbonyl (C=O) groups excluding carboxylic acids is 1. The summed E-state index contributed by atoms with van der Waals surface area (Å²) in [5.74, 6) is 0.0348. The highest BCUT2D eigenvalue weighted by Crippen LogP contribution is 2.23. The number of aromatic nitrogens is 3. The fraction of sp³-hybridized carbons (Fsp3) is 0.562. The molecule has 0 saturated heterocycles. The minimum absolute atomic E-state index is 0.0348. The molecule has 0 atom stereocenters. The lowest BCUT2D eigenvalue weighted by atomic mass is 9.93. The molecule has 0 unspecified atom stereocenters. The van der Waals surface area contributed by atoms with E-state index < -0.39 is 0 Å². The van der Waals surface area contributed by atoms with E-state index in [1.165, 1.54) is 0 Å². The van der Waals surface area contributed by atoms with Crippen LogP contribution in [0.3, 0.4) is 0 Å². The summed E-state index contributed by atoms with van der Waals surface area (Å²) in [4.78, 5) is 16.5. The van der Waals surface area contributed by atoms with E-state index in [1.54, 1.807) is 11.3 Å². The van der Waals surface area contributed by atoms with Crippen LogP contribution in [0.1, 0.15) is 54.8 Å². The zero-order chi connectivity index (χ0) is 16.3. The molecule has 0 radical (unpaired) electrons. The van der Waals surface area contributed by atoms with Crippen LogP contribution in [0.2, 0.25) is 0 Å². The molecular formula is C16H24N4OS. The fourth-order valence-corrected chi connectivity index (χ4v) is 2.97. The Morgan fingerprint density at radius 2 is 2.09 bits per heavy atom. The monoisotopic (exact) mass is 320 g/mol. The summed E-state index contributed by atoms with van der Waals surface area (Å²) < 4.78 is 0. The van der Waals surface area contributed by atoms with Crippen LogP contribution in [0.15, 0.2) is 5.38 Å². The molecule has 2 aromatic heterocycles. The summed E-state index contributed by atoms with van der Waals surface area (Å²) >= 11 is 1.60. The molecular weight excluding hydrogens is 296 g/mol. The number of hydrogen-bond donors (Lipinski definition) is 2. The van der Waals surface area contributed by atoms with Crippen molar-refractivity contribution >= 4 is 17.2 Å². The van der Waals surface area contributed by atoms with E-state index in [4.69, 9.17) is 0 Å². The van der Waals surface area contributed by atoms with Gasteiger partial charge in [-0.25, -0.2) is 4.98 Å². The van der Waals surface area contributed by atoms with E-state index in [2.05, 4.69) is 46.6 Å². The third kappa shape index (κ3) is 4.16. The summed E-state index contributed by atoms with van der Waals surface area (Å²) in [5, 5.41) is 13.1. The van der Waals surface area contributed by atoms with Gasteiger partial charge in [-0.05, 0) is 19.4 Å². The van der Waals surface area contributed by atoms with Gasteiger partial charge in [0.25, 0.3) is 0 Å². The SMILES string of the molecule is Cc1[nH]nc(CCC(=O)NCc2nc(C(C)(C)C)cs2)c1C. The third-order valence-corrected chi connectivity index (χ3v) is 4.55. The van der Waals surface area contributed by atoms with Gasteiger partial charge in [0.1, 0.15) is 5.01 Å². The van der Waals surface area contributed by atoms with E-state index in [0.29, 0.717) is 19.4 Å². The molecule has 0 aliphatic carbocycles. The standard InChI is InChI=1S/C16H24N4OS/c1-10-11(2)19-20-12(10)6-7-14(21)17-8-15-18-13(9-22-15)16(3,4)5/h9H,6-8H2,1-5H3,(H,17,21)(H,19,20). The van der Waals surface area contributed by atoms with Gasteiger partial charge >= 0.3 is 0 Å². The summed E-state index contributed by atoms with van der Waals surface area (Å²) in [6.45, 7) is 10.9. The quantitative estimate of drug-likeness (QED) is 0.889. The molecule has 0 aliphatic heterocycles. The van der Waals surface area contributed by atoms with Crippen molar-refractivity contribution in [1.82, 2.24) is 20.5 Å². The average Bonchev–Trinajstić information content (AvgIpc) is 3.03. The van der Waals surface area contributed by atoms with Gasteiger partial charge in [-0.15, -0.1) is 11.3 Å². The number of hydrogen-bond acceptors (Lipinski definition) is 4. The lowest BCUT2D eigenvalue weighted by Crippen LogP contribution is -2.23. The number of thiazole rings is 1. The van der Waals surface area contributed by atoms with Gasteiger partial charge in [0, 0.05) is 29.3 Å². The Bertz CT molecular complexity index is 651. The molecule has 5 nitrogen and oxygen atoms in total. The van der Waals surface area contributed by atoms with Gasteiger partial charge in [0.05, 0.1) is 17.9 Å². The predicted molar refractivity (Wildman–Crippen MR) is 89.0 cm³/mol. The number of nitrogens with zero attached hydrogens (tertiary/aromatic N) is 2. The van der Waals surface area contributed by atoms with Gasteiger partial charge in [0.2, 0.25) is 5.91 Å². The Kier molecular flexibility index (Phi) is 5.01. The van der Waals surface area contributed by atoms with Crippen molar-refractivity contribution in [3.8, 4) is 0 Å². The first-order chi connectivity index (χ1) is 10.3. The van der Waals surface area contributed by atoms with Crippen LogP contribution in [0.4, 0.5) is 0 Å². The maximum Gasteiger partial charge on any atom is 0.220 e. The summed E-state index contributed by atoms with van der Waals surface area (Å²) in [5.41, 5.74) is 4.30. The zero-order valence-corrected chi connectivity index (χ0v) is 14.7. The molecule has 6 heteroatoms. The zero-order valence-electron chi connectivity index (χ0n) is 13.9. The van der Waals surface area contributed by atoms with E-state index in [-0.39, 0.29) is 11.3 Å². The van der Waals surface area contributed by atoms with Crippen molar-refractivity contribution in [2.45, 2.75) is 59.4 Å². The van der Waals surface area contributed by atoms with Gasteiger partial charge in [-0.3, -0.25) is 9.89 Å². The Labute approximate surface area is 135 Å². The molecule has 2 rings (SSSR count). The van der Waals surface area contributed by atoms with Crippen LogP contribution in [-0.4, -0.2) is 21.1 Å². The van der Waals surface area contributed by atoms with Crippen molar-refractivity contribution in [2.24, 2.45) is 0 Å². The van der Waals surface area contributed by atoms with Crippen molar-refractivity contribution < 1.29 is 4.79 Å². The minimum Gasteiger partial charge on any atom is -0.350 e. The molecule has 2 heterocycles. The molecule has 0 saturated carbocycles. The highest BCUT2D eigenvalue weighted by molar-refractivity contribution is 7.09. The second-order valence-electron chi connectivity index (χ2n) is 6.57. The Morgan fingerprint density at radius 3 is 2.64 bits per heavy atom. The number of aryl methyl sites for hydroxylation is 2. The Balaban J connectivity index is 1.80. The lowest BCUT2D eigenvalue weighted by molar-refractivity contribution is -0.121. The molecule has 1 amide bonds. The van der Waals surface area contributed by atoms with Crippen LogP contribution in [0, 0.1) is 13.8 Å². The van der Waals surface area contributed by atoms with E-state index in [0.717, 1.165) is 27.7 Å². The van der Waals surface area contributed by atoms with Crippen molar-refractivity contribution in [3.63, 3.8) is 0 Å². The number of carbonyl (C=O) groups is 1. The topological polar surface area (TPSA) is 70.7 Å². The fourth-order valence-electron chi connectivity index (χ4n) is 2.01. The first-order valence-electron chi connectivity index (χ1n) is 7.49. The highest BCUT2D eigenvalue weighted by atomic mass is 32.1. The summed E-state index contributed by atoms with van der Waals surface area (Å²) in [6.07, 6.45) is 1.11. The number of rotatable bonds is 5. The second kappa shape index (κ2) is 6.60. The molecule has 2 N–H and O–H groups in total. The van der Waals surface area contributed by atoms with Crippen LogP contribution >= 0.6 is 11.3 Å². The summed E-state index contributed by atoms with van der Waals surface area (Å²) in [7, 11) is 0. The third-order valence-electron chi connectivity index (χ3n) is 3.70. The van der Waals surface area contributed by atoms with Gasteiger partial charge < -0.3 is 5.32 Å². The van der Waals surface area contributed by atoms with E-state index in [1.807, 2.05) is 13.8 Å². The molecule has 2 aromatic rings.